The maximum absolute atomic E-state index is 13.0. The second kappa shape index (κ2) is 5.20. The summed E-state index contributed by atoms with van der Waals surface area (Å²) >= 11 is 1.50. The third-order valence-electron chi connectivity index (χ3n) is 3.20. The van der Waals surface area contributed by atoms with E-state index in [1.807, 2.05) is 0 Å². The van der Waals surface area contributed by atoms with E-state index in [1.165, 1.54) is 23.5 Å². The summed E-state index contributed by atoms with van der Waals surface area (Å²) in [7, 11) is 0. The monoisotopic (exact) mass is 266 g/mol. The highest BCUT2D eigenvalue weighted by Crippen LogP contribution is 2.26. The number of ether oxygens (including phenoxy) is 1. The Morgan fingerprint density at radius 2 is 2.44 bits per heavy atom. The number of benzene rings is 1. The Labute approximate surface area is 109 Å². The maximum Gasteiger partial charge on any atom is 0.183 e. The first-order chi connectivity index (χ1) is 8.81. The smallest absolute Gasteiger partial charge is 0.183 e. The topological polar surface area (TPSA) is 34.2 Å². The molecule has 0 amide bonds. The number of aromatic nitrogens is 1. The summed E-state index contributed by atoms with van der Waals surface area (Å²) in [6.07, 6.45) is 2.26. The molecule has 1 saturated heterocycles. The largest absolute Gasteiger partial charge is 0.381 e. The second-order valence-corrected chi connectivity index (χ2v) is 5.61. The molecule has 2 aromatic rings. The molecule has 1 N–H and O–H groups in total. The van der Waals surface area contributed by atoms with Gasteiger partial charge in [0.1, 0.15) is 5.82 Å². The van der Waals surface area contributed by atoms with Crippen molar-refractivity contribution in [1.29, 1.82) is 0 Å². The van der Waals surface area contributed by atoms with Crippen molar-refractivity contribution >= 4 is 26.7 Å². The van der Waals surface area contributed by atoms with Gasteiger partial charge < -0.3 is 10.1 Å². The summed E-state index contributed by atoms with van der Waals surface area (Å²) in [6, 6.07) is 4.70. The second-order valence-electron chi connectivity index (χ2n) is 4.58. The molecular weight excluding hydrogens is 251 g/mol. The highest BCUT2D eigenvalue weighted by atomic mass is 32.1. The number of halogens is 1. The van der Waals surface area contributed by atoms with Crippen LogP contribution >= 0.6 is 11.3 Å². The number of nitrogens with one attached hydrogen (secondary N) is 1. The van der Waals surface area contributed by atoms with Gasteiger partial charge in [-0.25, -0.2) is 9.37 Å². The molecule has 0 bridgehead atoms. The summed E-state index contributed by atoms with van der Waals surface area (Å²) in [4.78, 5) is 4.43. The normalized spacial score (nSPS) is 19.5. The van der Waals surface area contributed by atoms with Crippen molar-refractivity contribution < 1.29 is 9.13 Å². The molecule has 5 heteroatoms. The van der Waals surface area contributed by atoms with Gasteiger partial charge in [0.05, 0.1) is 10.2 Å². The molecular formula is C13H15FN2OS. The minimum Gasteiger partial charge on any atom is -0.381 e. The average Bonchev–Trinajstić information content (AvgIpc) is 2.97. The molecule has 3 rings (SSSR count). The molecule has 0 aliphatic carbocycles. The Hall–Kier alpha value is -1.20. The molecule has 0 radical (unpaired) electrons. The first-order valence-corrected chi connectivity index (χ1v) is 7.00. The van der Waals surface area contributed by atoms with Gasteiger partial charge in [-0.1, -0.05) is 11.3 Å². The number of anilines is 1. The highest BCUT2D eigenvalue weighted by Gasteiger charge is 2.15. The molecule has 2 heterocycles. The summed E-state index contributed by atoms with van der Waals surface area (Å²) in [6.45, 7) is 2.67. The van der Waals surface area contributed by atoms with Crippen molar-refractivity contribution in [2.24, 2.45) is 5.92 Å². The summed E-state index contributed by atoms with van der Waals surface area (Å²) < 4.78 is 19.3. The van der Waals surface area contributed by atoms with E-state index in [9.17, 15) is 4.39 Å². The van der Waals surface area contributed by atoms with E-state index >= 15 is 0 Å². The van der Waals surface area contributed by atoms with E-state index in [1.54, 1.807) is 6.07 Å². The van der Waals surface area contributed by atoms with Gasteiger partial charge in [-0.3, -0.25) is 0 Å². The Morgan fingerprint density at radius 1 is 1.50 bits per heavy atom. The summed E-state index contributed by atoms with van der Waals surface area (Å²) in [5.74, 6) is 0.463. The molecule has 1 fully saturated rings. The average molecular weight is 266 g/mol. The molecule has 1 aliphatic heterocycles. The Bertz CT molecular complexity index is 537. The van der Waals surface area contributed by atoms with Crippen LogP contribution in [0.3, 0.4) is 0 Å². The van der Waals surface area contributed by atoms with Crippen LogP contribution in [-0.2, 0) is 4.74 Å². The lowest BCUT2D eigenvalue weighted by Crippen LogP contribution is -2.08. The zero-order valence-electron chi connectivity index (χ0n) is 9.99. The quantitative estimate of drug-likeness (QED) is 0.922. The fourth-order valence-electron chi connectivity index (χ4n) is 2.17. The standard InChI is InChI=1S/C13H15FN2OS/c14-10-1-2-11-12(7-10)18-13(16-11)15-5-3-9-4-6-17-8-9/h1-2,7,9H,3-6,8H2,(H,15,16). The van der Waals surface area contributed by atoms with Crippen LogP contribution in [0.2, 0.25) is 0 Å². The van der Waals surface area contributed by atoms with Gasteiger partial charge in [0.25, 0.3) is 0 Å². The zero-order chi connectivity index (χ0) is 12.4. The van der Waals surface area contributed by atoms with Crippen molar-refractivity contribution in [2.75, 3.05) is 25.1 Å². The molecule has 3 nitrogen and oxygen atoms in total. The van der Waals surface area contributed by atoms with Gasteiger partial charge in [-0.15, -0.1) is 0 Å². The fourth-order valence-corrected chi connectivity index (χ4v) is 3.08. The lowest BCUT2D eigenvalue weighted by molar-refractivity contribution is 0.185. The molecule has 18 heavy (non-hydrogen) atoms. The number of hydrogen-bond acceptors (Lipinski definition) is 4. The third-order valence-corrected chi connectivity index (χ3v) is 4.18. The molecule has 0 saturated carbocycles. The van der Waals surface area contributed by atoms with Crippen molar-refractivity contribution in [3.05, 3.63) is 24.0 Å². The van der Waals surface area contributed by atoms with E-state index < -0.39 is 0 Å². The number of fused-ring (bicyclic) bond motifs is 1. The van der Waals surface area contributed by atoms with Crippen molar-refractivity contribution in [3.63, 3.8) is 0 Å². The Kier molecular flexibility index (Phi) is 3.43. The van der Waals surface area contributed by atoms with E-state index in [2.05, 4.69) is 10.3 Å². The lowest BCUT2D eigenvalue weighted by Gasteiger charge is -2.06. The lowest BCUT2D eigenvalue weighted by atomic mass is 10.1. The predicted molar refractivity (Wildman–Crippen MR) is 71.6 cm³/mol. The predicted octanol–water partition coefficient (Wildman–Crippen LogP) is 3.27. The Morgan fingerprint density at radius 3 is 3.28 bits per heavy atom. The van der Waals surface area contributed by atoms with Crippen molar-refractivity contribution in [3.8, 4) is 0 Å². The van der Waals surface area contributed by atoms with Gasteiger partial charge in [-0.05, 0) is 37.0 Å². The van der Waals surface area contributed by atoms with Gasteiger partial charge >= 0.3 is 0 Å². The molecule has 96 valence electrons. The molecule has 1 aromatic carbocycles. The summed E-state index contributed by atoms with van der Waals surface area (Å²) in [5, 5.41) is 4.18. The molecule has 1 atom stereocenters. The maximum atomic E-state index is 13.0. The molecule has 1 aliphatic rings. The van der Waals surface area contributed by atoms with Crippen LogP contribution in [0.15, 0.2) is 18.2 Å². The van der Waals surface area contributed by atoms with Crippen molar-refractivity contribution in [2.45, 2.75) is 12.8 Å². The first kappa shape index (κ1) is 11.9. The van der Waals surface area contributed by atoms with Gasteiger partial charge in [-0.2, -0.15) is 0 Å². The molecule has 0 spiro atoms. The van der Waals surface area contributed by atoms with Crippen LogP contribution in [0, 0.1) is 11.7 Å². The minimum absolute atomic E-state index is 0.208. The van der Waals surface area contributed by atoms with Gasteiger partial charge in [0.15, 0.2) is 5.13 Å². The van der Waals surface area contributed by atoms with Crippen LogP contribution in [0.1, 0.15) is 12.8 Å². The van der Waals surface area contributed by atoms with E-state index in [0.29, 0.717) is 5.92 Å². The fraction of sp³-hybridized carbons (Fsp3) is 0.462. The van der Waals surface area contributed by atoms with Gasteiger partial charge in [0, 0.05) is 19.8 Å². The van der Waals surface area contributed by atoms with Crippen LogP contribution in [0.4, 0.5) is 9.52 Å². The van der Waals surface area contributed by atoms with E-state index in [0.717, 1.165) is 47.9 Å². The van der Waals surface area contributed by atoms with Crippen LogP contribution in [0.5, 0.6) is 0 Å². The number of nitrogens with zero attached hydrogens (tertiary/aromatic N) is 1. The SMILES string of the molecule is Fc1ccc2nc(NCCC3CCOC3)sc2c1. The van der Waals surface area contributed by atoms with Crippen LogP contribution < -0.4 is 5.32 Å². The van der Waals surface area contributed by atoms with E-state index in [-0.39, 0.29) is 5.82 Å². The Balaban J connectivity index is 1.60. The third kappa shape index (κ3) is 2.62. The first-order valence-electron chi connectivity index (χ1n) is 6.19. The van der Waals surface area contributed by atoms with Crippen LogP contribution in [0.25, 0.3) is 10.2 Å². The van der Waals surface area contributed by atoms with Gasteiger partial charge in [0.2, 0.25) is 0 Å². The van der Waals surface area contributed by atoms with E-state index in [4.69, 9.17) is 4.74 Å². The minimum atomic E-state index is -0.208. The number of rotatable bonds is 4. The number of hydrogen-bond donors (Lipinski definition) is 1. The summed E-state index contributed by atoms with van der Waals surface area (Å²) in [5.41, 5.74) is 0.855. The molecule has 1 aromatic heterocycles. The highest BCUT2D eigenvalue weighted by molar-refractivity contribution is 7.22. The zero-order valence-corrected chi connectivity index (χ0v) is 10.8. The molecule has 1 unspecified atom stereocenters. The van der Waals surface area contributed by atoms with Crippen LogP contribution in [-0.4, -0.2) is 24.7 Å². The van der Waals surface area contributed by atoms with Crippen molar-refractivity contribution in [1.82, 2.24) is 4.98 Å². The number of thiazole rings is 1.